The first kappa shape index (κ1) is 24.4. The topological polar surface area (TPSA) is 125 Å². The molecule has 1 unspecified atom stereocenters. The summed E-state index contributed by atoms with van der Waals surface area (Å²) in [5.41, 5.74) is 15.2. The summed E-state index contributed by atoms with van der Waals surface area (Å²) >= 11 is 0. The molecule has 5 N–H and O–H groups in total. The summed E-state index contributed by atoms with van der Waals surface area (Å²) in [6, 6.07) is 11.4. The third-order valence-electron chi connectivity index (χ3n) is 6.65. The van der Waals surface area contributed by atoms with Crippen LogP contribution in [0.1, 0.15) is 57.7 Å². The number of nitrogen functional groups attached to an aromatic ring is 1. The zero-order valence-electron chi connectivity index (χ0n) is 19.9. The van der Waals surface area contributed by atoms with Gasteiger partial charge in [0.15, 0.2) is 0 Å². The number of nitrogens with one attached hydrogen (secondary N) is 1. The van der Waals surface area contributed by atoms with Crippen molar-refractivity contribution in [2.75, 3.05) is 18.9 Å². The van der Waals surface area contributed by atoms with E-state index in [1.54, 1.807) is 17.7 Å². The van der Waals surface area contributed by atoms with Gasteiger partial charge in [0.2, 0.25) is 0 Å². The smallest absolute Gasteiger partial charge is 0.254 e. The molecule has 2 aromatic carbocycles. The second-order valence-electron chi connectivity index (χ2n) is 8.95. The van der Waals surface area contributed by atoms with Crippen molar-refractivity contribution in [1.29, 1.82) is 0 Å². The van der Waals surface area contributed by atoms with E-state index in [1.165, 1.54) is 12.1 Å². The maximum absolute atomic E-state index is 13.5. The normalized spacial score (nSPS) is 15.1. The quantitative estimate of drug-likeness (QED) is 0.477. The molecule has 0 radical (unpaired) electrons. The molecule has 1 saturated heterocycles. The van der Waals surface area contributed by atoms with Crippen molar-refractivity contribution in [3.63, 3.8) is 0 Å². The molecule has 1 fully saturated rings. The predicted octanol–water partition coefficient (Wildman–Crippen LogP) is 3.60. The molecule has 184 valence electrons. The minimum absolute atomic E-state index is 0.00786. The number of anilines is 1. The van der Waals surface area contributed by atoms with Crippen molar-refractivity contribution in [1.82, 2.24) is 15.1 Å². The molecule has 3 aromatic rings. The molecule has 1 aliphatic rings. The number of amides is 2. The number of halogens is 1. The van der Waals surface area contributed by atoms with E-state index in [9.17, 15) is 14.0 Å². The SMILES string of the molecule is Cc1ccc(F)cc1C(=O)NCc1ccc(-c2nn(C(C)C3CCOCC3)c(N)c2C(N)=O)cc1. The van der Waals surface area contributed by atoms with Gasteiger partial charge < -0.3 is 21.5 Å². The molecule has 1 aromatic heterocycles. The summed E-state index contributed by atoms with van der Waals surface area (Å²) in [5, 5.41) is 7.49. The van der Waals surface area contributed by atoms with Crippen LogP contribution in [-0.2, 0) is 11.3 Å². The fourth-order valence-electron chi connectivity index (χ4n) is 4.50. The highest BCUT2D eigenvalue weighted by molar-refractivity contribution is 6.03. The highest BCUT2D eigenvalue weighted by Crippen LogP contribution is 2.34. The Morgan fingerprint density at radius 1 is 1.20 bits per heavy atom. The first-order valence-electron chi connectivity index (χ1n) is 11.7. The van der Waals surface area contributed by atoms with Crippen LogP contribution in [0.25, 0.3) is 11.3 Å². The van der Waals surface area contributed by atoms with Gasteiger partial charge >= 0.3 is 0 Å². The van der Waals surface area contributed by atoms with Gasteiger partial charge in [-0.2, -0.15) is 5.10 Å². The van der Waals surface area contributed by atoms with Crippen LogP contribution in [0.4, 0.5) is 10.2 Å². The van der Waals surface area contributed by atoms with E-state index in [1.807, 2.05) is 31.2 Å². The molecule has 1 atom stereocenters. The maximum atomic E-state index is 13.5. The Labute approximate surface area is 203 Å². The molecule has 1 aliphatic heterocycles. The van der Waals surface area contributed by atoms with Crippen LogP contribution >= 0.6 is 0 Å². The van der Waals surface area contributed by atoms with Crippen LogP contribution in [0.2, 0.25) is 0 Å². The molecule has 0 spiro atoms. The highest BCUT2D eigenvalue weighted by Gasteiger charge is 2.28. The van der Waals surface area contributed by atoms with Gasteiger partial charge in [-0.05, 0) is 55.9 Å². The highest BCUT2D eigenvalue weighted by atomic mass is 19.1. The van der Waals surface area contributed by atoms with Crippen molar-refractivity contribution in [3.8, 4) is 11.3 Å². The molecule has 2 heterocycles. The summed E-state index contributed by atoms with van der Waals surface area (Å²) in [7, 11) is 0. The average molecular weight is 480 g/mol. The molecule has 35 heavy (non-hydrogen) atoms. The number of benzene rings is 2. The number of aryl methyl sites for hydroxylation is 1. The second-order valence-corrected chi connectivity index (χ2v) is 8.95. The molecule has 8 nitrogen and oxygen atoms in total. The summed E-state index contributed by atoms with van der Waals surface area (Å²) in [4.78, 5) is 24.7. The van der Waals surface area contributed by atoms with E-state index in [0.717, 1.165) is 18.4 Å². The van der Waals surface area contributed by atoms with Crippen molar-refractivity contribution in [2.24, 2.45) is 11.7 Å². The molecule has 0 aliphatic carbocycles. The van der Waals surface area contributed by atoms with Gasteiger partial charge in [0, 0.05) is 30.9 Å². The Bertz CT molecular complexity index is 1230. The standard InChI is InChI=1S/C26H30FN5O3/c1-15-3-8-20(27)13-21(15)26(34)30-14-17-4-6-19(7-5-17)23-22(25(29)33)24(28)32(31-23)16(2)18-9-11-35-12-10-18/h3-8,13,16,18H,9-12,14,28H2,1-2H3,(H2,29,33)(H,30,34). The van der Waals surface area contributed by atoms with Crippen LogP contribution in [0.3, 0.4) is 0 Å². The molecule has 0 bridgehead atoms. The predicted molar refractivity (Wildman–Crippen MR) is 131 cm³/mol. The van der Waals surface area contributed by atoms with Gasteiger partial charge in [0.1, 0.15) is 22.9 Å². The monoisotopic (exact) mass is 479 g/mol. The van der Waals surface area contributed by atoms with Crippen LogP contribution in [0.15, 0.2) is 42.5 Å². The fourth-order valence-corrected chi connectivity index (χ4v) is 4.50. The fraction of sp³-hybridized carbons (Fsp3) is 0.346. The van der Waals surface area contributed by atoms with Gasteiger partial charge in [-0.15, -0.1) is 0 Å². The van der Waals surface area contributed by atoms with Gasteiger partial charge in [0.05, 0.1) is 6.04 Å². The average Bonchev–Trinajstić information content (AvgIpc) is 3.21. The molecule has 4 rings (SSSR count). The Hall–Kier alpha value is -3.72. The number of aromatic nitrogens is 2. The Morgan fingerprint density at radius 2 is 1.89 bits per heavy atom. The summed E-state index contributed by atoms with van der Waals surface area (Å²) in [6.07, 6.45) is 1.80. The van der Waals surface area contributed by atoms with Crippen molar-refractivity contribution >= 4 is 17.6 Å². The van der Waals surface area contributed by atoms with E-state index >= 15 is 0 Å². The summed E-state index contributed by atoms with van der Waals surface area (Å²) in [6.45, 7) is 5.45. The molecule has 2 amide bonds. The summed E-state index contributed by atoms with van der Waals surface area (Å²) < 4.78 is 20.7. The van der Waals surface area contributed by atoms with Gasteiger partial charge in [-0.25, -0.2) is 9.07 Å². The Morgan fingerprint density at radius 3 is 2.54 bits per heavy atom. The minimum atomic E-state index is -0.635. The number of hydrogen-bond acceptors (Lipinski definition) is 5. The zero-order valence-corrected chi connectivity index (χ0v) is 19.9. The van der Waals surface area contributed by atoms with E-state index in [-0.39, 0.29) is 29.9 Å². The lowest BCUT2D eigenvalue weighted by Crippen LogP contribution is -2.26. The first-order valence-corrected chi connectivity index (χ1v) is 11.7. The molecular formula is C26H30FN5O3. The third-order valence-corrected chi connectivity index (χ3v) is 6.65. The van der Waals surface area contributed by atoms with Crippen molar-refractivity contribution in [2.45, 2.75) is 39.3 Å². The summed E-state index contributed by atoms with van der Waals surface area (Å²) in [5.74, 6) is -0.846. The van der Waals surface area contributed by atoms with Crippen LogP contribution in [0, 0.1) is 18.7 Å². The van der Waals surface area contributed by atoms with E-state index in [0.29, 0.717) is 41.5 Å². The number of primary amides is 1. The number of hydrogen-bond donors (Lipinski definition) is 3. The number of carbonyl (C=O) groups excluding carboxylic acids is 2. The first-order chi connectivity index (χ1) is 16.8. The molecule has 0 saturated carbocycles. The number of ether oxygens (including phenoxy) is 1. The largest absolute Gasteiger partial charge is 0.383 e. The number of carbonyl (C=O) groups is 2. The lowest BCUT2D eigenvalue weighted by atomic mass is 9.93. The third kappa shape index (κ3) is 5.19. The number of nitrogens with zero attached hydrogens (tertiary/aromatic N) is 2. The van der Waals surface area contributed by atoms with Crippen molar-refractivity contribution in [3.05, 3.63) is 70.5 Å². The van der Waals surface area contributed by atoms with Crippen LogP contribution in [0.5, 0.6) is 0 Å². The number of nitrogens with two attached hydrogens (primary N) is 2. The second kappa shape index (κ2) is 10.3. The van der Waals surface area contributed by atoms with Gasteiger partial charge in [0.25, 0.3) is 11.8 Å². The van der Waals surface area contributed by atoms with Crippen LogP contribution < -0.4 is 16.8 Å². The van der Waals surface area contributed by atoms with E-state index in [4.69, 9.17) is 16.2 Å². The van der Waals surface area contributed by atoms with Crippen molar-refractivity contribution < 1.29 is 18.7 Å². The van der Waals surface area contributed by atoms with E-state index < -0.39 is 11.7 Å². The van der Waals surface area contributed by atoms with Crippen LogP contribution in [-0.4, -0.2) is 34.8 Å². The Balaban J connectivity index is 1.52. The zero-order chi connectivity index (χ0) is 25.1. The Kier molecular flexibility index (Phi) is 7.16. The molecular weight excluding hydrogens is 449 g/mol. The van der Waals surface area contributed by atoms with Gasteiger partial charge in [-0.3, -0.25) is 9.59 Å². The number of rotatable bonds is 7. The lowest BCUT2D eigenvalue weighted by molar-refractivity contribution is 0.0499. The molecule has 9 heteroatoms. The maximum Gasteiger partial charge on any atom is 0.254 e. The van der Waals surface area contributed by atoms with E-state index in [2.05, 4.69) is 10.4 Å². The minimum Gasteiger partial charge on any atom is -0.383 e. The lowest BCUT2D eigenvalue weighted by Gasteiger charge is -2.28. The van der Waals surface area contributed by atoms with Gasteiger partial charge in [-0.1, -0.05) is 30.3 Å².